The fourth-order valence-corrected chi connectivity index (χ4v) is 1.53. The van der Waals surface area contributed by atoms with Crippen molar-refractivity contribution in [2.75, 3.05) is 37.4 Å². The molecule has 0 bridgehead atoms. The number of hydrogen-bond acceptors (Lipinski definition) is 6. The molecule has 0 atom stereocenters. The maximum absolute atomic E-state index is 11.2. The average molecular weight is 223 g/mol. The van der Waals surface area contributed by atoms with E-state index in [1.807, 2.05) is 4.90 Å². The van der Waals surface area contributed by atoms with E-state index in [0.29, 0.717) is 24.8 Å². The van der Waals surface area contributed by atoms with Gasteiger partial charge in [0.25, 0.3) is 0 Å². The summed E-state index contributed by atoms with van der Waals surface area (Å²) in [7, 11) is 1.51. The number of methoxy groups -OCH3 is 1. The zero-order valence-corrected chi connectivity index (χ0v) is 8.93. The third-order valence-electron chi connectivity index (χ3n) is 2.28. The number of hydrogen-bond donors (Lipinski definition) is 2. The van der Waals surface area contributed by atoms with Crippen LogP contribution < -0.4 is 20.7 Å². The van der Waals surface area contributed by atoms with Gasteiger partial charge in [-0.05, 0) is 0 Å². The van der Waals surface area contributed by atoms with Gasteiger partial charge in [0.15, 0.2) is 0 Å². The lowest BCUT2D eigenvalue weighted by Gasteiger charge is -2.27. The van der Waals surface area contributed by atoms with Crippen LogP contribution in [0.25, 0.3) is 0 Å². The molecule has 1 aliphatic rings. The third kappa shape index (κ3) is 2.13. The van der Waals surface area contributed by atoms with Crippen LogP contribution in [0.5, 0.6) is 5.88 Å². The molecule has 1 saturated heterocycles. The number of nitrogens with one attached hydrogen (secondary N) is 1. The van der Waals surface area contributed by atoms with Gasteiger partial charge in [0.2, 0.25) is 17.7 Å². The Morgan fingerprint density at radius 2 is 2.38 bits per heavy atom. The van der Waals surface area contributed by atoms with Crippen molar-refractivity contribution in [1.29, 1.82) is 0 Å². The molecule has 0 spiro atoms. The Labute approximate surface area is 92.6 Å². The highest BCUT2D eigenvalue weighted by Crippen LogP contribution is 2.18. The van der Waals surface area contributed by atoms with Crippen LogP contribution >= 0.6 is 0 Å². The van der Waals surface area contributed by atoms with Crippen LogP contribution in [0, 0.1) is 0 Å². The number of ether oxygens (including phenoxy) is 1. The lowest BCUT2D eigenvalue weighted by Crippen LogP contribution is -2.48. The second-order valence-electron chi connectivity index (χ2n) is 3.40. The summed E-state index contributed by atoms with van der Waals surface area (Å²) in [5, 5.41) is 2.74. The average Bonchev–Trinajstić information content (AvgIpc) is 2.28. The predicted molar refractivity (Wildman–Crippen MR) is 58.2 cm³/mol. The number of carbonyl (C=O) groups excluding carboxylic acids is 1. The quantitative estimate of drug-likeness (QED) is 0.668. The topological polar surface area (TPSA) is 93.4 Å². The Kier molecular flexibility index (Phi) is 2.76. The molecule has 1 aromatic rings. The first-order chi connectivity index (χ1) is 7.69. The minimum atomic E-state index is -0.0256. The van der Waals surface area contributed by atoms with Gasteiger partial charge >= 0.3 is 0 Å². The van der Waals surface area contributed by atoms with E-state index in [4.69, 9.17) is 10.5 Å². The van der Waals surface area contributed by atoms with Crippen molar-refractivity contribution < 1.29 is 9.53 Å². The molecule has 0 aliphatic carbocycles. The molecule has 7 nitrogen and oxygen atoms in total. The maximum Gasteiger partial charge on any atom is 0.239 e. The molecule has 1 aliphatic heterocycles. The number of carbonyl (C=O) groups is 1. The van der Waals surface area contributed by atoms with Gasteiger partial charge in [0.1, 0.15) is 5.82 Å². The Morgan fingerprint density at radius 1 is 1.56 bits per heavy atom. The van der Waals surface area contributed by atoms with E-state index in [1.165, 1.54) is 7.11 Å². The van der Waals surface area contributed by atoms with Crippen LogP contribution in [0.1, 0.15) is 0 Å². The Morgan fingerprint density at radius 3 is 3.06 bits per heavy atom. The SMILES string of the molecule is COc1cc(N2CCNC(=O)C2)nc(N)n1. The molecule has 0 unspecified atom stereocenters. The largest absolute Gasteiger partial charge is 0.481 e. The van der Waals surface area contributed by atoms with Crippen LogP contribution in [-0.4, -0.2) is 42.6 Å². The summed E-state index contributed by atoms with van der Waals surface area (Å²) in [6.07, 6.45) is 0. The van der Waals surface area contributed by atoms with Crippen LogP contribution in [-0.2, 0) is 4.79 Å². The van der Waals surface area contributed by atoms with Gasteiger partial charge in [-0.1, -0.05) is 0 Å². The summed E-state index contributed by atoms with van der Waals surface area (Å²) in [6.45, 7) is 1.58. The van der Waals surface area contributed by atoms with E-state index in [9.17, 15) is 4.79 Å². The molecule has 0 saturated carbocycles. The smallest absolute Gasteiger partial charge is 0.239 e. The van der Waals surface area contributed by atoms with Crippen molar-refractivity contribution in [1.82, 2.24) is 15.3 Å². The number of rotatable bonds is 2. The van der Waals surface area contributed by atoms with Gasteiger partial charge in [-0.3, -0.25) is 4.79 Å². The summed E-state index contributed by atoms with van der Waals surface area (Å²) in [5.41, 5.74) is 5.55. The van der Waals surface area contributed by atoms with Gasteiger partial charge in [-0.25, -0.2) is 0 Å². The molecule has 1 amide bonds. The molecule has 86 valence electrons. The normalized spacial score (nSPS) is 15.8. The van der Waals surface area contributed by atoms with Crippen molar-refractivity contribution in [2.24, 2.45) is 0 Å². The summed E-state index contributed by atoms with van der Waals surface area (Å²) in [5.74, 6) is 1.12. The molecular formula is C9H13N5O2. The molecule has 0 aromatic carbocycles. The predicted octanol–water partition coefficient (Wildman–Crippen LogP) is -0.996. The summed E-state index contributed by atoms with van der Waals surface area (Å²) in [6, 6.07) is 1.66. The number of anilines is 2. The first kappa shape index (κ1) is 10.5. The molecule has 1 fully saturated rings. The van der Waals surface area contributed by atoms with Crippen molar-refractivity contribution in [3.05, 3.63) is 6.07 Å². The Hall–Kier alpha value is -2.05. The van der Waals surface area contributed by atoms with Crippen LogP contribution in [0.4, 0.5) is 11.8 Å². The zero-order chi connectivity index (χ0) is 11.5. The second kappa shape index (κ2) is 4.21. The fourth-order valence-electron chi connectivity index (χ4n) is 1.53. The minimum absolute atomic E-state index is 0.0256. The van der Waals surface area contributed by atoms with Crippen LogP contribution in [0.2, 0.25) is 0 Å². The fraction of sp³-hybridized carbons (Fsp3) is 0.444. The van der Waals surface area contributed by atoms with Crippen molar-refractivity contribution >= 4 is 17.7 Å². The van der Waals surface area contributed by atoms with Crippen molar-refractivity contribution in [2.45, 2.75) is 0 Å². The lowest BCUT2D eigenvalue weighted by atomic mass is 10.3. The number of amides is 1. The van der Waals surface area contributed by atoms with E-state index in [2.05, 4.69) is 15.3 Å². The monoisotopic (exact) mass is 223 g/mol. The molecule has 7 heteroatoms. The highest BCUT2D eigenvalue weighted by molar-refractivity contribution is 5.82. The maximum atomic E-state index is 11.2. The van der Waals surface area contributed by atoms with E-state index >= 15 is 0 Å². The molecule has 16 heavy (non-hydrogen) atoms. The van der Waals surface area contributed by atoms with Crippen molar-refractivity contribution in [3.8, 4) is 5.88 Å². The number of nitrogens with zero attached hydrogens (tertiary/aromatic N) is 3. The summed E-state index contributed by atoms with van der Waals surface area (Å²) >= 11 is 0. The highest BCUT2D eigenvalue weighted by Gasteiger charge is 2.18. The number of piperazine rings is 1. The van der Waals surface area contributed by atoms with Gasteiger partial charge in [-0.2, -0.15) is 9.97 Å². The molecule has 2 heterocycles. The third-order valence-corrected chi connectivity index (χ3v) is 2.28. The number of nitrogens with two attached hydrogens (primary N) is 1. The summed E-state index contributed by atoms with van der Waals surface area (Å²) in [4.78, 5) is 21.0. The second-order valence-corrected chi connectivity index (χ2v) is 3.40. The molecule has 0 radical (unpaired) electrons. The lowest BCUT2D eigenvalue weighted by molar-refractivity contribution is -0.120. The molecule has 3 N–H and O–H groups in total. The van der Waals surface area contributed by atoms with E-state index in [0.717, 1.165) is 0 Å². The molecule has 1 aromatic heterocycles. The van der Waals surface area contributed by atoms with E-state index in [-0.39, 0.29) is 18.4 Å². The van der Waals surface area contributed by atoms with Crippen molar-refractivity contribution in [3.63, 3.8) is 0 Å². The Balaban J connectivity index is 2.24. The van der Waals surface area contributed by atoms with Crippen LogP contribution in [0.15, 0.2) is 6.07 Å². The highest BCUT2D eigenvalue weighted by atomic mass is 16.5. The molecule has 2 rings (SSSR count). The van der Waals surface area contributed by atoms with Gasteiger partial charge < -0.3 is 20.7 Å². The number of nitrogen functional groups attached to an aromatic ring is 1. The van der Waals surface area contributed by atoms with Gasteiger partial charge in [0, 0.05) is 19.2 Å². The first-order valence-corrected chi connectivity index (χ1v) is 4.89. The van der Waals surface area contributed by atoms with Gasteiger partial charge in [0.05, 0.1) is 13.7 Å². The van der Waals surface area contributed by atoms with Gasteiger partial charge in [-0.15, -0.1) is 0 Å². The zero-order valence-electron chi connectivity index (χ0n) is 8.93. The molecular weight excluding hydrogens is 210 g/mol. The minimum Gasteiger partial charge on any atom is -0.481 e. The summed E-state index contributed by atoms with van der Waals surface area (Å²) < 4.78 is 5.00. The standard InChI is InChI=1S/C9H13N5O2/c1-16-8-4-6(12-9(10)13-8)14-3-2-11-7(15)5-14/h4H,2-3,5H2,1H3,(H,11,15)(H2,10,12,13). The Bertz CT molecular complexity index is 409. The number of aromatic nitrogens is 2. The van der Waals surface area contributed by atoms with E-state index < -0.39 is 0 Å². The first-order valence-electron chi connectivity index (χ1n) is 4.89. The van der Waals surface area contributed by atoms with Crippen LogP contribution in [0.3, 0.4) is 0 Å². The van der Waals surface area contributed by atoms with E-state index in [1.54, 1.807) is 6.07 Å².